The Bertz CT molecular complexity index is 5920. The number of nitrogens with two attached hydrogens (primary N) is 2. The van der Waals surface area contributed by atoms with Crippen LogP contribution in [-0.4, -0.2) is 30.9 Å². The Labute approximate surface area is 802 Å². The molecule has 0 unspecified atom stereocenters. The van der Waals surface area contributed by atoms with Gasteiger partial charge in [-0.05, 0) is 241 Å². The molecule has 0 aliphatic rings. The highest BCUT2D eigenvalue weighted by molar-refractivity contribution is 7.89. The van der Waals surface area contributed by atoms with Gasteiger partial charge < -0.3 is 5.73 Å². The van der Waals surface area contributed by atoms with Gasteiger partial charge in [0.2, 0.25) is 15.9 Å². The number of amides is 1. The van der Waals surface area contributed by atoms with Gasteiger partial charge in [0, 0.05) is 24.2 Å². The molecule has 0 radical (unpaired) electrons. The summed E-state index contributed by atoms with van der Waals surface area (Å²) in [5.74, 6) is -0.295. The number of aryl methyl sites for hydroxylation is 3. The molecular weight excluding hydrogens is 1640 g/mol. The molecule has 0 aliphatic carbocycles. The molecule has 0 fully saturated rings. The van der Waals surface area contributed by atoms with E-state index in [1.807, 2.05) is 66.7 Å². The number of sulfonamides is 1. The Morgan fingerprint density at radius 3 is 0.820 bits per heavy atom. The monoisotopic (exact) mass is 1800 g/mol. The predicted molar refractivity (Wildman–Crippen MR) is 575 cm³/mol. The summed E-state index contributed by atoms with van der Waals surface area (Å²) in [4.78, 5) is 38.0. The maximum atomic E-state index is 11.4. The number of ketones is 2. The highest BCUT2D eigenvalue weighted by Gasteiger charge is 2.21. The zero-order valence-corrected chi connectivity index (χ0v) is 83.0. The lowest BCUT2D eigenvalue weighted by Gasteiger charge is -2.19. The topological polar surface area (TPSA) is 150 Å². The Morgan fingerprint density at radius 2 is 0.541 bits per heavy atom. The summed E-state index contributed by atoms with van der Waals surface area (Å²) in [5.41, 5.74) is 38.0. The molecule has 0 saturated carbocycles. The SMILES string of the molecule is C.C.C.CC(=O)c1cc(-c2ccc(C(C)(C)C)cc2)ccn1.CC(=O)c1cccc(-c2ccc(C(C)(C)C)cc2)c1.CC(C)(C)c1ccc(-c2ccc(C(N)=O)cc2)cc1.CC(C)(C)c1ccc(-c2cccc(S(N)(=O)=O)c2)cc1.CCc1cccc(-c2ccc(C(C)(C)C)cc2)c1.CCc1cccc(-c2ccc(C(C)(C)C)cc2)c1.Cc1ccccc1-c1ccc(C(C)(C)C)cc1. The zero-order valence-electron chi connectivity index (χ0n) is 82.2. The summed E-state index contributed by atoms with van der Waals surface area (Å²) < 4.78 is 22.8. The van der Waals surface area contributed by atoms with Crippen molar-refractivity contribution in [1.82, 2.24) is 4.98 Å². The van der Waals surface area contributed by atoms with E-state index in [2.05, 4.69) is 402 Å². The van der Waals surface area contributed by atoms with Crippen molar-refractivity contribution < 1.29 is 22.8 Å². The summed E-state index contributed by atoms with van der Waals surface area (Å²) in [6.45, 7) is 56.2. The van der Waals surface area contributed by atoms with Gasteiger partial charge in [0.1, 0.15) is 5.69 Å². The van der Waals surface area contributed by atoms with E-state index in [1.165, 1.54) is 102 Å². The molecule has 700 valence electrons. The van der Waals surface area contributed by atoms with Crippen LogP contribution in [0.2, 0.25) is 0 Å². The fourth-order valence-electron chi connectivity index (χ4n) is 14.4. The minimum atomic E-state index is -3.66. The number of primary amides is 1. The standard InChI is InChI=1S/C18H20O.2C18H22.2C17H19NO.C17H20.C16H19NO2S.3CH4/c1-13(19)15-6-5-7-16(12-15)14-8-10-17(11-9-14)18(2,3)4;2*1-5-14-7-6-8-16(13-14)15-9-11-17(12-10-15)18(2,3)4;1-12(19)16-11-14(9-10-18-16)13-5-7-15(8-6-13)17(2,3)4;1-17(2,3)15-10-8-13(9-11-15)12-4-6-14(7-5-12)16(18)19;1-13-7-5-6-8-16(13)14-9-11-15(12-10-14)17(2,3)4;1-16(2,3)14-9-7-12(8-10-14)13-5-4-6-15(11-13)20(17,18)19;;;/h5-12H,1-4H3;2*6-13H,5H2,1-4H3;5-11H,1-4H3;4-11H,1-3H3,(H2,18,19);5-12H,1-4H3;4-11H,1-3H3,(H2,17,18,19);3*1H4. The molecule has 1 heterocycles. The number of pyridine rings is 1. The van der Waals surface area contributed by atoms with Gasteiger partial charge in [-0.3, -0.25) is 19.4 Å². The van der Waals surface area contributed by atoms with E-state index in [0.717, 1.165) is 62.9 Å². The van der Waals surface area contributed by atoms with Crippen LogP contribution < -0.4 is 10.9 Å². The van der Waals surface area contributed by atoms with Crippen molar-refractivity contribution in [3.8, 4) is 77.9 Å². The third kappa shape index (κ3) is 34.1. The number of benzene rings is 13. The van der Waals surface area contributed by atoms with Gasteiger partial charge in [0.05, 0.1) is 4.90 Å². The number of carbonyl (C=O) groups is 3. The number of carbonyl (C=O) groups excluding carboxylic acids is 3. The first-order valence-electron chi connectivity index (χ1n) is 45.4. The fraction of sp³-hybridized carbons (Fsp3) is 0.306. The van der Waals surface area contributed by atoms with Gasteiger partial charge in [-0.2, -0.15) is 0 Å². The Hall–Kier alpha value is -12.3. The highest BCUT2D eigenvalue weighted by Crippen LogP contribution is 2.35. The van der Waals surface area contributed by atoms with E-state index in [9.17, 15) is 22.8 Å². The molecule has 4 N–H and O–H groups in total. The van der Waals surface area contributed by atoms with E-state index in [0.29, 0.717) is 11.3 Å². The minimum absolute atomic E-state index is 0. The number of rotatable bonds is 13. The van der Waals surface area contributed by atoms with Crippen molar-refractivity contribution in [2.24, 2.45) is 10.9 Å². The highest BCUT2D eigenvalue weighted by atomic mass is 32.2. The lowest BCUT2D eigenvalue weighted by atomic mass is 9.86. The van der Waals surface area contributed by atoms with Gasteiger partial charge in [-0.25, -0.2) is 13.6 Å². The third-order valence-electron chi connectivity index (χ3n) is 23.1. The number of aromatic nitrogens is 1. The molecule has 14 aromatic rings. The van der Waals surface area contributed by atoms with E-state index in [1.54, 1.807) is 37.4 Å². The number of Topliss-reactive ketones (excluding diaryl/α,β-unsaturated/α-hetero) is 2. The smallest absolute Gasteiger partial charge is 0.248 e. The third-order valence-corrected chi connectivity index (χ3v) is 24.0. The van der Waals surface area contributed by atoms with Crippen molar-refractivity contribution in [2.45, 2.75) is 258 Å². The van der Waals surface area contributed by atoms with Crippen LogP contribution in [0, 0.1) is 6.92 Å². The molecule has 14 rings (SSSR count). The first-order valence-corrected chi connectivity index (χ1v) is 47.0. The van der Waals surface area contributed by atoms with Gasteiger partial charge in [0.15, 0.2) is 11.6 Å². The van der Waals surface area contributed by atoms with Gasteiger partial charge in [-0.15, -0.1) is 0 Å². The molecule has 1 amide bonds. The van der Waals surface area contributed by atoms with Crippen molar-refractivity contribution in [2.75, 3.05) is 0 Å². The van der Waals surface area contributed by atoms with E-state index in [4.69, 9.17) is 10.9 Å². The van der Waals surface area contributed by atoms with Gasteiger partial charge in [-0.1, -0.05) is 467 Å². The minimum Gasteiger partial charge on any atom is -0.366 e. The van der Waals surface area contributed by atoms with Crippen LogP contribution in [0.5, 0.6) is 0 Å². The molecule has 0 bridgehead atoms. The summed E-state index contributed by atoms with van der Waals surface area (Å²) in [7, 11) is -3.66. The van der Waals surface area contributed by atoms with E-state index < -0.39 is 15.9 Å². The number of primary sulfonamides is 1. The van der Waals surface area contributed by atoms with Crippen molar-refractivity contribution in [3.05, 3.63) is 406 Å². The average Bonchev–Trinajstić information content (AvgIpc) is 0.840. The Morgan fingerprint density at radius 1 is 0.278 bits per heavy atom. The van der Waals surface area contributed by atoms with Gasteiger partial charge in [0.25, 0.3) is 0 Å². The van der Waals surface area contributed by atoms with Crippen LogP contribution in [-0.2, 0) is 60.8 Å². The molecule has 0 aliphatic heterocycles. The fourth-order valence-corrected chi connectivity index (χ4v) is 14.9. The van der Waals surface area contributed by atoms with Crippen LogP contribution in [0.3, 0.4) is 0 Å². The molecular formula is C124H153N3O5S. The summed E-state index contributed by atoms with van der Waals surface area (Å²) in [6, 6.07) is 112. The largest absolute Gasteiger partial charge is 0.366 e. The van der Waals surface area contributed by atoms with Gasteiger partial charge >= 0.3 is 0 Å². The molecule has 0 spiro atoms. The van der Waals surface area contributed by atoms with Crippen LogP contribution in [0.25, 0.3) is 77.9 Å². The normalized spacial score (nSPS) is 11.3. The lowest BCUT2D eigenvalue weighted by Crippen LogP contribution is -2.12. The lowest BCUT2D eigenvalue weighted by molar-refractivity contribution is 0.0994. The second-order valence-corrected chi connectivity index (χ2v) is 42.4. The first-order chi connectivity index (χ1) is 60.8. The predicted octanol–water partition coefficient (Wildman–Crippen LogP) is 33.4. The molecule has 13 aromatic carbocycles. The van der Waals surface area contributed by atoms with E-state index in [-0.39, 0.29) is 76.6 Å². The number of nitrogens with zero attached hydrogens (tertiary/aromatic N) is 1. The Kier molecular flexibility index (Phi) is 40.5. The first kappa shape index (κ1) is 111. The molecule has 0 saturated heterocycles. The van der Waals surface area contributed by atoms with Crippen molar-refractivity contribution >= 4 is 27.5 Å². The van der Waals surface area contributed by atoms with E-state index >= 15 is 0 Å². The zero-order chi connectivity index (χ0) is 95.9. The molecule has 9 heteroatoms. The molecule has 0 atom stereocenters. The number of hydrogen-bond acceptors (Lipinski definition) is 6. The van der Waals surface area contributed by atoms with Crippen LogP contribution in [0.4, 0.5) is 0 Å². The summed E-state index contributed by atoms with van der Waals surface area (Å²) in [5, 5.41) is 5.16. The molecule has 1 aromatic heterocycles. The average molecular weight is 1800 g/mol. The van der Waals surface area contributed by atoms with Crippen molar-refractivity contribution in [1.29, 1.82) is 0 Å². The maximum Gasteiger partial charge on any atom is 0.248 e. The Balaban J connectivity index is 0.000000273. The number of hydrogen-bond donors (Lipinski definition) is 2. The molecule has 133 heavy (non-hydrogen) atoms. The summed E-state index contributed by atoms with van der Waals surface area (Å²) >= 11 is 0. The van der Waals surface area contributed by atoms with Crippen LogP contribution in [0.1, 0.15) is 282 Å². The van der Waals surface area contributed by atoms with Crippen molar-refractivity contribution in [3.63, 3.8) is 0 Å². The van der Waals surface area contributed by atoms with Crippen LogP contribution >= 0.6 is 0 Å². The second kappa shape index (κ2) is 48.4. The summed E-state index contributed by atoms with van der Waals surface area (Å²) in [6.07, 6.45) is 3.87. The molecule has 8 nitrogen and oxygen atoms in total. The van der Waals surface area contributed by atoms with Crippen LogP contribution in [0.15, 0.2) is 339 Å². The quantitative estimate of drug-likeness (QED) is 0.110. The maximum absolute atomic E-state index is 11.4. The second-order valence-electron chi connectivity index (χ2n) is 40.9.